The third-order valence-corrected chi connectivity index (χ3v) is 5.31. The van der Waals surface area contributed by atoms with Crippen molar-refractivity contribution in [2.24, 2.45) is 0 Å². The highest BCUT2D eigenvalue weighted by Crippen LogP contribution is 2.32. The molecule has 0 heterocycles. The average Bonchev–Trinajstić information content (AvgIpc) is 2.79. The molecular weight excluding hydrogens is 420 g/mol. The number of hydrogen-bond acceptors (Lipinski definition) is 5. The van der Waals surface area contributed by atoms with Crippen LogP contribution in [0.1, 0.15) is 52.5 Å². The van der Waals surface area contributed by atoms with Crippen LogP contribution in [0, 0.1) is 0 Å². The van der Waals surface area contributed by atoms with Crippen molar-refractivity contribution in [3.8, 4) is 17.2 Å². The largest absolute Gasteiger partial charge is 0.507 e. The van der Waals surface area contributed by atoms with E-state index in [0.717, 1.165) is 35.8 Å². The second kappa shape index (κ2) is 11.2. The average molecular weight is 449 g/mol. The van der Waals surface area contributed by atoms with Crippen molar-refractivity contribution in [2.45, 2.75) is 32.6 Å². The van der Waals surface area contributed by atoms with Crippen LogP contribution in [0.15, 0.2) is 61.2 Å². The van der Waals surface area contributed by atoms with Crippen LogP contribution < -0.4 is 9.47 Å². The number of aromatic hydroxyl groups is 1. The SMILES string of the molecule is C=CCc1ccc(OCCCCCOc2ccc3cc(C(=O)O)ccc3c2)c(C(C)=O)c1O. The Bertz CT molecular complexity index is 1160. The smallest absolute Gasteiger partial charge is 0.335 e. The van der Waals surface area contributed by atoms with E-state index < -0.39 is 5.97 Å². The fraction of sp³-hybridized carbons (Fsp3) is 0.259. The quantitative estimate of drug-likeness (QED) is 0.207. The van der Waals surface area contributed by atoms with Crippen molar-refractivity contribution in [1.82, 2.24) is 0 Å². The Kier molecular flexibility index (Phi) is 8.08. The fourth-order valence-corrected chi connectivity index (χ4v) is 3.60. The number of ketones is 1. The minimum atomic E-state index is -0.944. The maximum Gasteiger partial charge on any atom is 0.335 e. The standard InChI is InChI=1S/C27H28O6/c1-3-7-19-11-13-24(25(18(2)28)26(19)29)33-15-6-4-5-14-32-23-12-10-20-16-22(27(30)31)9-8-21(20)17-23/h3,8-13,16-17,29H,1,4-7,14-15H2,2H3,(H,30,31). The van der Waals surface area contributed by atoms with Crippen LogP contribution in [0.25, 0.3) is 10.8 Å². The maximum absolute atomic E-state index is 12.0. The first kappa shape index (κ1) is 23.9. The molecule has 0 fully saturated rings. The van der Waals surface area contributed by atoms with Gasteiger partial charge in [-0.05, 0) is 79.3 Å². The lowest BCUT2D eigenvalue weighted by Gasteiger charge is -2.13. The van der Waals surface area contributed by atoms with Crippen molar-refractivity contribution in [2.75, 3.05) is 13.2 Å². The van der Waals surface area contributed by atoms with Gasteiger partial charge >= 0.3 is 5.97 Å². The summed E-state index contributed by atoms with van der Waals surface area (Å²) >= 11 is 0. The van der Waals surface area contributed by atoms with E-state index in [1.165, 1.54) is 6.92 Å². The molecule has 0 unspecified atom stereocenters. The number of carbonyl (C=O) groups is 2. The van der Waals surface area contributed by atoms with Crippen molar-refractivity contribution >= 4 is 22.5 Å². The van der Waals surface area contributed by atoms with Crippen LogP contribution in [0.2, 0.25) is 0 Å². The van der Waals surface area contributed by atoms with Crippen LogP contribution in [0.4, 0.5) is 0 Å². The number of rotatable bonds is 12. The Balaban J connectivity index is 1.44. The monoisotopic (exact) mass is 448 g/mol. The molecule has 0 saturated heterocycles. The molecule has 0 radical (unpaired) electrons. The lowest BCUT2D eigenvalue weighted by molar-refractivity contribution is 0.0696. The van der Waals surface area contributed by atoms with Crippen LogP contribution in [0.5, 0.6) is 17.2 Å². The van der Waals surface area contributed by atoms with E-state index in [-0.39, 0.29) is 22.7 Å². The summed E-state index contributed by atoms with van der Waals surface area (Å²) in [5.41, 5.74) is 1.12. The van der Waals surface area contributed by atoms with Gasteiger partial charge < -0.3 is 19.7 Å². The van der Waals surface area contributed by atoms with Gasteiger partial charge in [-0.1, -0.05) is 24.3 Å². The summed E-state index contributed by atoms with van der Waals surface area (Å²) in [5.74, 6) is -0.0891. The Morgan fingerprint density at radius 1 is 0.939 bits per heavy atom. The van der Waals surface area contributed by atoms with Gasteiger partial charge in [-0.15, -0.1) is 6.58 Å². The first-order chi connectivity index (χ1) is 15.9. The summed E-state index contributed by atoms with van der Waals surface area (Å²) < 4.78 is 11.6. The van der Waals surface area contributed by atoms with Crippen molar-refractivity contribution in [3.63, 3.8) is 0 Å². The number of allylic oxidation sites excluding steroid dienone is 1. The van der Waals surface area contributed by atoms with E-state index in [1.807, 2.05) is 18.2 Å². The zero-order valence-corrected chi connectivity index (χ0v) is 18.7. The maximum atomic E-state index is 12.0. The van der Waals surface area contributed by atoms with E-state index in [9.17, 15) is 14.7 Å². The van der Waals surface area contributed by atoms with Gasteiger partial charge in [0.25, 0.3) is 0 Å². The Hall–Kier alpha value is -3.80. The molecule has 0 atom stereocenters. The lowest BCUT2D eigenvalue weighted by Crippen LogP contribution is -2.05. The van der Waals surface area contributed by atoms with Crippen molar-refractivity contribution in [3.05, 3.63) is 77.9 Å². The number of phenols is 1. The molecule has 0 saturated carbocycles. The van der Waals surface area contributed by atoms with Crippen LogP contribution in [-0.4, -0.2) is 35.2 Å². The molecule has 3 aromatic rings. The molecule has 2 N–H and O–H groups in total. The summed E-state index contributed by atoms with van der Waals surface area (Å²) in [7, 11) is 0. The summed E-state index contributed by atoms with van der Waals surface area (Å²) in [6.45, 7) is 6.06. The van der Waals surface area contributed by atoms with Crippen LogP contribution in [0.3, 0.4) is 0 Å². The lowest BCUT2D eigenvalue weighted by atomic mass is 10.0. The van der Waals surface area contributed by atoms with Gasteiger partial charge in [0.2, 0.25) is 0 Å². The molecule has 33 heavy (non-hydrogen) atoms. The zero-order valence-electron chi connectivity index (χ0n) is 18.7. The predicted octanol–water partition coefficient (Wildman–Crippen LogP) is 5.80. The van der Waals surface area contributed by atoms with E-state index in [4.69, 9.17) is 14.6 Å². The van der Waals surface area contributed by atoms with Gasteiger partial charge in [-0.25, -0.2) is 4.79 Å². The van der Waals surface area contributed by atoms with Crippen LogP contribution >= 0.6 is 0 Å². The minimum absolute atomic E-state index is 0.0390. The Morgan fingerprint density at radius 2 is 1.64 bits per heavy atom. The summed E-state index contributed by atoms with van der Waals surface area (Å²) in [4.78, 5) is 23.0. The van der Waals surface area contributed by atoms with E-state index >= 15 is 0 Å². The third-order valence-electron chi connectivity index (χ3n) is 5.31. The first-order valence-electron chi connectivity index (χ1n) is 10.9. The number of aromatic carboxylic acids is 1. The molecule has 0 aliphatic heterocycles. The predicted molar refractivity (Wildman–Crippen MR) is 128 cm³/mol. The number of benzene rings is 3. The molecule has 6 nitrogen and oxygen atoms in total. The van der Waals surface area contributed by atoms with E-state index in [0.29, 0.717) is 30.9 Å². The zero-order chi connectivity index (χ0) is 23.8. The third kappa shape index (κ3) is 6.13. The normalized spacial score (nSPS) is 10.7. The number of phenolic OH excluding ortho intramolecular Hbond substituents is 1. The van der Waals surface area contributed by atoms with E-state index in [1.54, 1.807) is 36.4 Å². The molecule has 0 amide bonds. The highest BCUT2D eigenvalue weighted by atomic mass is 16.5. The Morgan fingerprint density at radius 3 is 2.33 bits per heavy atom. The first-order valence-corrected chi connectivity index (χ1v) is 10.9. The summed E-state index contributed by atoms with van der Waals surface area (Å²) in [6, 6.07) is 14.1. The summed E-state index contributed by atoms with van der Waals surface area (Å²) in [5, 5.41) is 21.2. The number of fused-ring (bicyclic) bond motifs is 1. The molecule has 3 rings (SSSR count). The van der Waals surface area contributed by atoms with Crippen molar-refractivity contribution in [1.29, 1.82) is 0 Å². The number of carboxylic acid groups (broad SMARTS) is 1. The number of unbranched alkanes of at least 4 members (excludes halogenated alkanes) is 2. The number of ether oxygens (including phenoxy) is 2. The number of hydrogen-bond donors (Lipinski definition) is 2. The number of Topliss-reactive ketones (excluding diaryl/α,β-unsaturated/α-hetero) is 1. The molecule has 0 aromatic heterocycles. The number of carboxylic acids is 1. The van der Waals surface area contributed by atoms with Gasteiger partial charge in [0.1, 0.15) is 22.8 Å². The van der Waals surface area contributed by atoms with Gasteiger partial charge in [-0.3, -0.25) is 4.79 Å². The molecule has 0 aliphatic rings. The molecule has 6 heteroatoms. The number of carbonyl (C=O) groups excluding carboxylic acids is 1. The van der Waals surface area contributed by atoms with Gasteiger partial charge in [-0.2, -0.15) is 0 Å². The topological polar surface area (TPSA) is 93.1 Å². The van der Waals surface area contributed by atoms with Gasteiger partial charge in [0, 0.05) is 0 Å². The van der Waals surface area contributed by atoms with Crippen LogP contribution in [-0.2, 0) is 6.42 Å². The second-order valence-corrected chi connectivity index (χ2v) is 7.78. The van der Waals surface area contributed by atoms with Gasteiger partial charge in [0.15, 0.2) is 5.78 Å². The summed E-state index contributed by atoms with van der Waals surface area (Å²) in [6.07, 6.45) is 4.65. The molecule has 0 aliphatic carbocycles. The highest BCUT2D eigenvalue weighted by molar-refractivity contribution is 6.00. The molecular formula is C27H28O6. The molecule has 0 bridgehead atoms. The molecule has 3 aromatic carbocycles. The van der Waals surface area contributed by atoms with E-state index in [2.05, 4.69) is 6.58 Å². The van der Waals surface area contributed by atoms with Gasteiger partial charge in [0.05, 0.1) is 18.8 Å². The fourth-order valence-electron chi connectivity index (χ4n) is 3.60. The molecule has 0 spiro atoms. The highest BCUT2D eigenvalue weighted by Gasteiger charge is 2.17. The second-order valence-electron chi connectivity index (χ2n) is 7.78. The van der Waals surface area contributed by atoms with Crippen molar-refractivity contribution < 1.29 is 29.3 Å². The minimum Gasteiger partial charge on any atom is -0.507 e. The Labute approximate surface area is 193 Å². The molecule has 172 valence electrons.